The van der Waals surface area contributed by atoms with Crippen LogP contribution in [0.4, 0.5) is 50.4 Å². The lowest BCUT2D eigenvalue weighted by Crippen LogP contribution is -2.39. The molecule has 0 bridgehead atoms. The fourth-order valence-corrected chi connectivity index (χ4v) is 20.6. The summed E-state index contributed by atoms with van der Waals surface area (Å²) in [5.41, 5.74) is 12.2. The number of rotatable bonds is 28. The highest BCUT2D eigenvalue weighted by Gasteiger charge is 2.38. The average Bonchev–Trinajstić information content (AvgIpc) is 1.78. The van der Waals surface area contributed by atoms with Crippen LogP contribution in [0.15, 0.2) is 152 Å². The van der Waals surface area contributed by atoms with E-state index in [1.165, 1.54) is 29.5 Å². The molecule has 0 radical (unpaired) electrons. The Morgan fingerprint density at radius 3 is 1.17 bits per heavy atom. The number of amides is 1. The number of aromatic nitrogens is 8. The van der Waals surface area contributed by atoms with Gasteiger partial charge in [0.15, 0.2) is 0 Å². The number of halogens is 3. The molecule has 22 nitrogen and oxygen atoms in total. The van der Waals surface area contributed by atoms with Gasteiger partial charge in [-0.1, -0.05) is 117 Å². The van der Waals surface area contributed by atoms with Gasteiger partial charge in [0.25, 0.3) is 0 Å². The van der Waals surface area contributed by atoms with Gasteiger partial charge in [0, 0.05) is 158 Å². The zero-order valence-electron chi connectivity index (χ0n) is 78.8. The standard InChI is InChI=1S/C27H33ClN4O.C27H33FN4O.C27H32N4O2.C26H31ClN4O2/c2*1-4-13-31(2)24-16-21-23(17-22(24)28)29-26(19-9-10-19)30-27(21)32-14-11-18(12-15-32)20-7-5-6-8-25(20)33-3;1-4-14-30(2)20-11-12-23-22(17-20)27(29-26(28-23)18-9-10-18)31-15-13-19(16-25(31)32)21-7-5-6-8-24(21)33-3;1-30(15-16-32)21-10-9-20-23(24(21)27)26(29-25(28-20)18-7-8-18)31-13-11-17(12-14-31)19-5-3-4-6-22(19)33-2/h2*5-8,16-19H,4,9-15H2,1-3H3;5-8,11-12,17-19H,4,9-10,13-16H2,1-3H3;3-6,9-10,17-18,32H,7-8,11-16H2,1-2H3. The number of hydrogen-bond donors (Lipinski definition) is 1. The zero-order valence-corrected chi connectivity index (χ0v) is 80.3. The van der Waals surface area contributed by atoms with E-state index in [2.05, 4.69) is 132 Å². The second-order valence-corrected chi connectivity index (χ2v) is 38.0. The summed E-state index contributed by atoms with van der Waals surface area (Å²) >= 11 is 13.7. The topological polar surface area (TPSA) is 203 Å². The van der Waals surface area contributed by atoms with Gasteiger partial charge in [-0.25, -0.2) is 44.3 Å². The van der Waals surface area contributed by atoms with E-state index < -0.39 is 0 Å². The Labute approximate surface area is 787 Å². The number of ether oxygens (including phenoxy) is 4. The highest BCUT2D eigenvalue weighted by atomic mass is 35.5. The Morgan fingerprint density at radius 1 is 0.371 bits per heavy atom. The molecule has 132 heavy (non-hydrogen) atoms. The smallest absolute Gasteiger partial charge is 0.228 e. The summed E-state index contributed by atoms with van der Waals surface area (Å²) in [4.78, 5) is 70.6. The predicted molar refractivity (Wildman–Crippen MR) is 536 cm³/mol. The molecule has 694 valence electrons. The molecule has 4 aliphatic heterocycles. The molecule has 8 heterocycles. The molecule has 8 fully saturated rings. The normalized spacial score (nSPS) is 17.3. The van der Waals surface area contributed by atoms with E-state index in [0.717, 1.165) is 302 Å². The monoisotopic (exact) mass is 1820 g/mol. The number of hydrogen-bond acceptors (Lipinski definition) is 21. The number of carbonyl (C=O) groups is 1. The fourth-order valence-electron chi connectivity index (χ4n) is 19.9. The van der Waals surface area contributed by atoms with Crippen molar-refractivity contribution in [2.45, 2.75) is 190 Å². The van der Waals surface area contributed by atoms with Gasteiger partial charge in [0.1, 0.15) is 75.4 Å². The van der Waals surface area contributed by atoms with Crippen LogP contribution >= 0.6 is 23.2 Å². The molecule has 1 atom stereocenters. The van der Waals surface area contributed by atoms with E-state index in [0.29, 0.717) is 71.6 Å². The van der Waals surface area contributed by atoms with Gasteiger partial charge in [-0.3, -0.25) is 9.69 Å². The van der Waals surface area contributed by atoms with E-state index in [4.69, 9.17) is 82.0 Å². The summed E-state index contributed by atoms with van der Waals surface area (Å²) in [6.07, 6.45) is 20.0. The molecule has 4 saturated heterocycles. The van der Waals surface area contributed by atoms with Crippen LogP contribution in [0.25, 0.3) is 43.6 Å². The van der Waals surface area contributed by atoms with Crippen LogP contribution in [0, 0.1) is 5.82 Å². The number of para-hydroxylation sites is 4. The number of carbonyl (C=O) groups excluding carboxylic acids is 1. The van der Waals surface area contributed by atoms with Crippen molar-refractivity contribution in [3.05, 3.63) is 213 Å². The van der Waals surface area contributed by atoms with Crippen molar-refractivity contribution < 1.29 is 33.2 Å². The third-order valence-electron chi connectivity index (χ3n) is 27.9. The summed E-state index contributed by atoms with van der Waals surface area (Å²) in [6, 6.07) is 51.4. The molecular weight excluding hydrogens is 1700 g/mol. The molecule has 4 saturated carbocycles. The SMILES string of the molecule is CCCN(C)c1cc2c(N3CCC(c4ccccc4OC)CC3)nc(C3CC3)nc2cc1Cl.CCCN(C)c1cc2c(N3CCC(c4ccccc4OC)CC3)nc(C3CC3)nc2cc1F.CCCN(C)c1ccc2nc(C3CC3)nc(N3CCC(c4ccccc4OC)CC3=O)c2c1.COc1ccccc1C1CCN(c2nc(C3CC3)nc3ccc(N(C)CCO)c(Cl)c23)CC1. The number of piperidine rings is 4. The van der Waals surface area contributed by atoms with Crippen molar-refractivity contribution >= 4 is 119 Å². The number of aliphatic hydroxyl groups is 1. The maximum Gasteiger partial charge on any atom is 0.228 e. The number of fused-ring (bicyclic) bond motifs is 4. The van der Waals surface area contributed by atoms with Crippen molar-refractivity contribution in [1.82, 2.24) is 39.9 Å². The number of likely N-dealkylation sites (N-methyl/N-ethyl adjacent to an activating group) is 1. The van der Waals surface area contributed by atoms with Gasteiger partial charge in [-0.05, 0) is 234 Å². The molecule has 25 heteroatoms. The second kappa shape index (κ2) is 42.0. The van der Waals surface area contributed by atoms with Gasteiger partial charge < -0.3 is 58.4 Å². The van der Waals surface area contributed by atoms with Crippen LogP contribution in [-0.2, 0) is 4.79 Å². The van der Waals surface area contributed by atoms with Crippen molar-refractivity contribution in [2.24, 2.45) is 0 Å². The Kier molecular flexibility index (Phi) is 29.5. The maximum absolute atomic E-state index is 15.0. The van der Waals surface area contributed by atoms with E-state index in [9.17, 15) is 14.3 Å². The molecule has 1 amide bonds. The molecule has 1 N–H and O–H groups in total. The number of aliphatic hydroxyl groups excluding tert-OH is 1. The van der Waals surface area contributed by atoms with Crippen LogP contribution in [0.3, 0.4) is 0 Å². The van der Waals surface area contributed by atoms with Gasteiger partial charge in [-0.2, -0.15) is 0 Å². The summed E-state index contributed by atoms with van der Waals surface area (Å²) in [6.45, 7) is 16.1. The van der Waals surface area contributed by atoms with Crippen LogP contribution in [0.2, 0.25) is 10.0 Å². The van der Waals surface area contributed by atoms with Crippen LogP contribution in [0.1, 0.15) is 236 Å². The second-order valence-electron chi connectivity index (χ2n) is 37.3. The molecule has 4 aliphatic carbocycles. The zero-order chi connectivity index (χ0) is 91.8. The first kappa shape index (κ1) is 92.7. The number of benzene rings is 8. The van der Waals surface area contributed by atoms with Crippen LogP contribution in [0.5, 0.6) is 23.0 Å². The van der Waals surface area contributed by atoms with E-state index in [1.54, 1.807) is 34.5 Å². The quantitative estimate of drug-likeness (QED) is 0.0484. The van der Waals surface area contributed by atoms with Crippen molar-refractivity contribution in [3.63, 3.8) is 0 Å². The van der Waals surface area contributed by atoms with Crippen molar-refractivity contribution in [1.29, 1.82) is 0 Å². The summed E-state index contributed by atoms with van der Waals surface area (Å²) in [5, 5.41) is 14.8. The first-order valence-electron chi connectivity index (χ1n) is 48.2. The highest BCUT2D eigenvalue weighted by molar-refractivity contribution is 6.39. The number of nitrogens with zero attached hydrogens (tertiary/aromatic N) is 16. The van der Waals surface area contributed by atoms with Crippen LogP contribution < -0.4 is 58.1 Å². The minimum absolute atomic E-state index is 0.0747. The van der Waals surface area contributed by atoms with Crippen LogP contribution in [-0.4, -0.2) is 186 Å². The number of anilines is 8. The molecule has 4 aromatic heterocycles. The van der Waals surface area contributed by atoms with Gasteiger partial charge in [-0.15, -0.1) is 0 Å². The van der Waals surface area contributed by atoms with Gasteiger partial charge in [0.05, 0.1) is 89.6 Å². The molecule has 8 aromatic carbocycles. The van der Waals surface area contributed by atoms with Crippen molar-refractivity contribution in [2.75, 3.05) is 174 Å². The first-order valence-corrected chi connectivity index (χ1v) is 49.0. The molecule has 0 spiro atoms. The van der Waals surface area contributed by atoms with Gasteiger partial charge in [0.2, 0.25) is 5.91 Å². The Hall–Kier alpha value is -11.1. The molecule has 8 aliphatic rings. The summed E-state index contributed by atoms with van der Waals surface area (Å²) in [5.74, 6) is 14.6. The first-order chi connectivity index (χ1) is 64.4. The molecule has 1 unspecified atom stereocenters. The third-order valence-corrected chi connectivity index (χ3v) is 28.6. The van der Waals surface area contributed by atoms with Crippen molar-refractivity contribution in [3.8, 4) is 23.0 Å². The minimum atomic E-state index is -0.209. The predicted octanol–water partition coefficient (Wildman–Crippen LogP) is 22.5. The molecular formula is C107H129Cl2FN16O6. The third kappa shape index (κ3) is 20.8. The Balaban J connectivity index is 0.000000123. The molecule has 20 rings (SSSR count). The Bertz CT molecular complexity index is 5830. The van der Waals surface area contributed by atoms with E-state index in [-0.39, 0.29) is 24.2 Å². The van der Waals surface area contributed by atoms with Gasteiger partial charge >= 0.3 is 0 Å². The largest absolute Gasteiger partial charge is 0.496 e. The average molecular weight is 1830 g/mol. The number of methoxy groups -OCH3 is 4. The lowest BCUT2D eigenvalue weighted by molar-refractivity contribution is -0.120. The summed E-state index contributed by atoms with van der Waals surface area (Å²) in [7, 11) is 15.0. The maximum atomic E-state index is 15.0. The minimum Gasteiger partial charge on any atom is -0.496 e. The molecule has 12 aromatic rings. The lowest BCUT2D eigenvalue weighted by atomic mass is 9.88. The Morgan fingerprint density at radius 2 is 0.735 bits per heavy atom. The highest BCUT2D eigenvalue weighted by Crippen LogP contribution is 2.50. The lowest BCUT2D eigenvalue weighted by Gasteiger charge is -2.34. The fraction of sp³-hybridized carbons (Fsp3) is 0.467. The summed E-state index contributed by atoms with van der Waals surface area (Å²) < 4.78 is 37.4. The van der Waals surface area contributed by atoms with E-state index >= 15 is 0 Å². The van der Waals surface area contributed by atoms with E-state index in [1.807, 2.05) is 102 Å².